The van der Waals surface area contributed by atoms with Gasteiger partial charge in [-0.3, -0.25) is 9.69 Å². The number of amides is 1. The van der Waals surface area contributed by atoms with Gasteiger partial charge >= 0.3 is 0 Å². The number of aromatic nitrogens is 1. The lowest BCUT2D eigenvalue weighted by Gasteiger charge is -2.35. The number of furan rings is 1. The van der Waals surface area contributed by atoms with Crippen LogP contribution in [0.25, 0.3) is 10.2 Å². The Hall–Kier alpha value is -3.16. The highest BCUT2D eigenvalue weighted by molar-refractivity contribution is 7.21. The summed E-state index contributed by atoms with van der Waals surface area (Å²) in [5.74, 6) is 0.593. The van der Waals surface area contributed by atoms with Crippen LogP contribution in [0.5, 0.6) is 0 Å². The van der Waals surface area contributed by atoms with Gasteiger partial charge in [0.2, 0.25) is 0 Å². The van der Waals surface area contributed by atoms with Crippen LogP contribution in [0.1, 0.15) is 32.9 Å². The molecule has 7 heteroatoms. The van der Waals surface area contributed by atoms with E-state index in [1.165, 1.54) is 11.3 Å². The van der Waals surface area contributed by atoms with E-state index >= 15 is 0 Å². The first-order valence-corrected chi connectivity index (χ1v) is 10.1. The van der Waals surface area contributed by atoms with Gasteiger partial charge in [0.05, 0.1) is 18.6 Å². The quantitative estimate of drug-likeness (QED) is 0.511. The standard InChI is InChI=1S/C22H19N3O3S/c1-13-11-14(12-27-2)17-18-19(29-21(17)23-13)22(26)25(15-7-4-3-5-8-15)20(24-18)16-9-6-10-28-16/h3-11,20,24H,12H2,1-2H3/t20-/m0/s1. The van der Waals surface area contributed by atoms with Crippen molar-refractivity contribution >= 4 is 38.8 Å². The maximum absolute atomic E-state index is 13.6. The molecule has 3 aromatic heterocycles. The van der Waals surface area contributed by atoms with Crippen molar-refractivity contribution < 1.29 is 13.9 Å². The third-order valence-electron chi connectivity index (χ3n) is 4.97. The number of carbonyl (C=O) groups excluding carboxylic acids is 1. The molecule has 0 radical (unpaired) electrons. The number of aryl methyl sites for hydroxylation is 1. The number of pyridine rings is 1. The molecule has 0 aliphatic carbocycles. The van der Waals surface area contributed by atoms with Crippen LogP contribution in [0, 0.1) is 6.92 Å². The molecule has 0 fully saturated rings. The van der Waals surface area contributed by atoms with Gasteiger partial charge in [0.15, 0.2) is 6.17 Å². The lowest BCUT2D eigenvalue weighted by atomic mass is 10.1. The minimum absolute atomic E-state index is 0.0737. The fraction of sp³-hybridized carbons (Fsp3) is 0.182. The Balaban J connectivity index is 1.73. The molecule has 1 amide bonds. The van der Waals surface area contributed by atoms with Gasteiger partial charge in [-0.25, -0.2) is 4.98 Å². The fourth-order valence-electron chi connectivity index (χ4n) is 3.80. The van der Waals surface area contributed by atoms with Gasteiger partial charge in [0.25, 0.3) is 5.91 Å². The lowest BCUT2D eigenvalue weighted by Crippen LogP contribution is -2.42. The van der Waals surface area contributed by atoms with Crippen molar-refractivity contribution in [3.05, 3.63) is 76.7 Å². The van der Waals surface area contributed by atoms with E-state index in [9.17, 15) is 4.79 Å². The molecule has 29 heavy (non-hydrogen) atoms. The number of anilines is 2. The van der Waals surface area contributed by atoms with E-state index in [-0.39, 0.29) is 5.91 Å². The minimum atomic E-state index is -0.457. The number of fused-ring (bicyclic) bond motifs is 3. The Morgan fingerprint density at radius 3 is 2.79 bits per heavy atom. The van der Waals surface area contributed by atoms with Crippen LogP contribution in [0.4, 0.5) is 11.4 Å². The molecule has 5 rings (SSSR count). The van der Waals surface area contributed by atoms with Gasteiger partial charge in [-0.15, -0.1) is 11.3 Å². The third kappa shape index (κ3) is 2.90. The van der Waals surface area contributed by atoms with Crippen LogP contribution >= 0.6 is 11.3 Å². The van der Waals surface area contributed by atoms with E-state index in [1.54, 1.807) is 18.3 Å². The highest BCUT2D eigenvalue weighted by Crippen LogP contribution is 2.45. The summed E-state index contributed by atoms with van der Waals surface area (Å²) in [5, 5.41) is 4.49. The lowest BCUT2D eigenvalue weighted by molar-refractivity contribution is 0.0976. The molecule has 4 aromatic rings. The molecule has 1 atom stereocenters. The zero-order chi connectivity index (χ0) is 20.0. The average Bonchev–Trinajstić information content (AvgIpc) is 3.36. The average molecular weight is 405 g/mol. The first kappa shape index (κ1) is 17.9. The van der Waals surface area contributed by atoms with E-state index in [2.05, 4.69) is 10.3 Å². The number of nitrogens with zero attached hydrogens (tertiary/aromatic N) is 2. The van der Waals surface area contributed by atoms with Crippen molar-refractivity contribution in [2.45, 2.75) is 19.7 Å². The molecular weight excluding hydrogens is 386 g/mol. The summed E-state index contributed by atoms with van der Waals surface area (Å²) < 4.78 is 11.1. The van der Waals surface area contributed by atoms with E-state index in [1.807, 2.05) is 55.5 Å². The smallest absolute Gasteiger partial charge is 0.272 e. The van der Waals surface area contributed by atoms with Crippen molar-refractivity contribution in [1.82, 2.24) is 4.98 Å². The molecule has 0 bridgehead atoms. The van der Waals surface area contributed by atoms with Crippen LogP contribution in [0.15, 0.2) is 59.2 Å². The molecule has 1 aliphatic rings. The number of ether oxygens (including phenoxy) is 1. The number of nitrogens with one attached hydrogen (secondary N) is 1. The Kier molecular flexibility index (Phi) is 4.34. The summed E-state index contributed by atoms with van der Waals surface area (Å²) in [6, 6.07) is 15.3. The van der Waals surface area contributed by atoms with Gasteiger partial charge < -0.3 is 14.5 Å². The Morgan fingerprint density at radius 2 is 2.07 bits per heavy atom. The second-order valence-electron chi connectivity index (χ2n) is 6.92. The zero-order valence-corrected chi connectivity index (χ0v) is 16.8. The zero-order valence-electron chi connectivity index (χ0n) is 16.0. The first-order valence-electron chi connectivity index (χ1n) is 9.28. The molecule has 0 saturated carbocycles. The predicted molar refractivity (Wildman–Crippen MR) is 113 cm³/mol. The van der Waals surface area contributed by atoms with Gasteiger partial charge in [0, 0.05) is 23.9 Å². The molecular formula is C22H19N3O3S. The summed E-state index contributed by atoms with van der Waals surface area (Å²) in [4.78, 5) is 21.5. The highest BCUT2D eigenvalue weighted by atomic mass is 32.1. The molecule has 0 spiro atoms. The predicted octanol–water partition coefficient (Wildman–Crippen LogP) is 5.12. The number of hydrogen-bond donors (Lipinski definition) is 1. The molecule has 0 unspecified atom stereocenters. The molecule has 6 nitrogen and oxygen atoms in total. The van der Waals surface area contributed by atoms with Crippen molar-refractivity contribution in [2.75, 3.05) is 17.3 Å². The fourth-order valence-corrected chi connectivity index (χ4v) is 4.97. The SMILES string of the molecule is COCc1cc(C)nc2sc3c(c12)N[C@H](c1ccco1)N(c1ccccc1)C3=O. The van der Waals surface area contributed by atoms with Crippen molar-refractivity contribution in [1.29, 1.82) is 0 Å². The largest absolute Gasteiger partial charge is 0.465 e. The highest BCUT2D eigenvalue weighted by Gasteiger charge is 2.38. The summed E-state index contributed by atoms with van der Waals surface area (Å²) in [7, 11) is 1.67. The van der Waals surface area contributed by atoms with Crippen LogP contribution < -0.4 is 10.2 Å². The van der Waals surface area contributed by atoms with Gasteiger partial charge in [0.1, 0.15) is 15.5 Å². The van der Waals surface area contributed by atoms with Crippen LogP contribution in [0.2, 0.25) is 0 Å². The Labute approximate surface area is 171 Å². The second-order valence-corrected chi connectivity index (χ2v) is 7.91. The molecule has 1 aliphatic heterocycles. The molecule has 4 heterocycles. The number of thiophene rings is 1. The number of para-hydroxylation sites is 1. The van der Waals surface area contributed by atoms with Crippen molar-refractivity contribution in [3.63, 3.8) is 0 Å². The Bertz CT molecular complexity index is 1190. The number of rotatable bonds is 4. The monoisotopic (exact) mass is 405 g/mol. The van der Waals surface area contributed by atoms with Crippen molar-refractivity contribution in [2.24, 2.45) is 0 Å². The topological polar surface area (TPSA) is 67.6 Å². The van der Waals surface area contributed by atoms with Crippen LogP contribution in [-0.4, -0.2) is 18.0 Å². The van der Waals surface area contributed by atoms with Crippen molar-refractivity contribution in [3.8, 4) is 0 Å². The van der Waals surface area contributed by atoms with Gasteiger partial charge in [-0.1, -0.05) is 18.2 Å². The number of benzene rings is 1. The van der Waals surface area contributed by atoms with E-state index < -0.39 is 6.17 Å². The summed E-state index contributed by atoms with van der Waals surface area (Å²) in [5.41, 5.74) is 3.51. The number of carbonyl (C=O) groups is 1. The molecule has 1 aromatic carbocycles. The minimum Gasteiger partial charge on any atom is -0.465 e. The molecule has 0 saturated heterocycles. The van der Waals surface area contributed by atoms with E-state index in [4.69, 9.17) is 9.15 Å². The van der Waals surface area contributed by atoms with Crippen LogP contribution in [-0.2, 0) is 11.3 Å². The second kappa shape index (κ2) is 7.02. The Morgan fingerprint density at radius 1 is 1.24 bits per heavy atom. The third-order valence-corrected chi connectivity index (χ3v) is 6.04. The maximum atomic E-state index is 13.6. The molecule has 1 N–H and O–H groups in total. The first-order chi connectivity index (χ1) is 14.2. The summed E-state index contributed by atoms with van der Waals surface area (Å²) >= 11 is 1.41. The van der Waals surface area contributed by atoms with Gasteiger partial charge in [-0.05, 0) is 42.8 Å². The van der Waals surface area contributed by atoms with E-state index in [0.717, 1.165) is 32.8 Å². The normalized spacial score (nSPS) is 16.1. The number of methoxy groups -OCH3 is 1. The van der Waals surface area contributed by atoms with Crippen LogP contribution in [0.3, 0.4) is 0 Å². The molecule has 146 valence electrons. The number of hydrogen-bond acceptors (Lipinski definition) is 6. The summed E-state index contributed by atoms with van der Waals surface area (Å²) in [6.07, 6.45) is 1.16. The maximum Gasteiger partial charge on any atom is 0.272 e. The van der Waals surface area contributed by atoms with Gasteiger partial charge in [-0.2, -0.15) is 0 Å². The summed E-state index contributed by atoms with van der Waals surface area (Å²) in [6.45, 7) is 2.40. The van der Waals surface area contributed by atoms with E-state index in [0.29, 0.717) is 17.2 Å².